The molecule has 0 aliphatic carbocycles. The molecular formula is C15H32N2O7Si. The van der Waals surface area contributed by atoms with Crippen molar-refractivity contribution in [1.82, 2.24) is 10.6 Å². The topological polar surface area (TPSA) is 152 Å². The van der Waals surface area contributed by atoms with Gasteiger partial charge < -0.3 is 40.0 Å². The number of aliphatic hydroxyl groups is 2. The zero-order chi connectivity index (χ0) is 19.5. The highest BCUT2D eigenvalue weighted by Gasteiger charge is 2.25. The SMILES string of the molecule is CCC(O)CC(O)CC(C)OC(=O)/C=C(\C)NCCNC[Si](O)(O)O. The molecule has 0 bridgehead atoms. The predicted octanol–water partition coefficient (Wildman–Crippen LogP) is -1.63. The lowest BCUT2D eigenvalue weighted by Crippen LogP contribution is -2.47. The third kappa shape index (κ3) is 15.0. The summed E-state index contributed by atoms with van der Waals surface area (Å²) in [4.78, 5) is 38.2. The van der Waals surface area contributed by atoms with E-state index in [0.717, 1.165) is 0 Å². The fourth-order valence-electron chi connectivity index (χ4n) is 2.07. The first-order valence-corrected chi connectivity index (χ1v) is 10.4. The van der Waals surface area contributed by atoms with E-state index >= 15 is 0 Å². The molecule has 9 nitrogen and oxygen atoms in total. The highest BCUT2D eigenvalue weighted by atomic mass is 28.4. The maximum Gasteiger partial charge on any atom is 0.507 e. The van der Waals surface area contributed by atoms with Crippen LogP contribution in [-0.4, -0.2) is 76.9 Å². The van der Waals surface area contributed by atoms with Crippen molar-refractivity contribution in [1.29, 1.82) is 0 Å². The van der Waals surface area contributed by atoms with Gasteiger partial charge in [0.05, 0.1) is 18.4 Å². The largest absolute Gasteiger partial charge is 0.507 e. The van der Waals surface area contributed by atoms with Gasteiger partial charge in [0.2, 0.25) is 0 Å². The van der Waals surface area contributed by atoms with Crippen LogP contribution in [0.25, 0.3) is 0 Å². The summed E-state index contributed by atoms with van der Waals surface area (Å²) in [6.07, 6.45) is 0.323. The third-order valence-corrected chi connectivity index (χ3v) is 4.06. The number of hydrogen-bond donors (Lipinski definition) is 7. The van der Waals surface area contributed by atoms with E-state index in [1.54, 1.807) is 13.8 Å². The number of ether oxygens (including phenoxy) is 1. The van der Waals surface area contributed by atoms with Crippen LogP contribution in [0.5, 0.6) is 0 Å². The number of carbonyl (C=O) groups excluding carboxylic acids is 1. The van der Waals surface area contributed by atoms with Crippen molar-refractivity contribution < 1.29 is 34.1 Å². The van der Waals surface area contributed by atoms with Gasteiger partial charge in [-0.15, -0.1) is 0 Å². The Kier molecular flexibility index (Phi) is 11.9. The van der Waals surface area contributed by atoms with Gasteiger partial charge in [-0.05, 0) is 26.7 Å². The minimum Gasteiger partial charge on any atom is -0.459 e. The van der Waals surface area contributed by atoms with Crippen LogP contribution in [0, 0.1) is 0 Å². The monoisotopic (exact) mass is 380 g/mol. The lowest BCUT2D eigenvalue weighted by atomic mass is 10.0. The fraction of sp³-hybridized carbons (Fsp3) is 0.800. The molecule has 7 N–H and O–H groups in total. The molecule has 0 fully saturated rings. The molecule has 0 heterocycles. The van der Waals surface area contributed by atoms with Crippen LogP contribution in [0.4, 0.5) is 0 Å². The normalized spacial score (nSPS) is 16.2. The number of esters is 1. The molecule has 0 aromatic heterocycles. The second-order valence-electron chi connectivity index (χ2n) is 6.14. The summed E-state index contributed by atoms with van der Waals surface area (Å²) in [5.41, 5.74) is 0.571. The van der Waals surface area contributed by atoms with Gasteiger partial charge >= 0.3 is 14.8 Å². The summed E-state index contributed by atoms with van der Waals surface area (Å²) in [6, 6.07) is 0. The van der Waals surface area contributed by atoms with Crippen molar-refractivity contribution in [2.45, 2.75) is 58.3 Å². The molecule has 3 atom stereocenters. The maximum atomic E-state index is 11.8. The highest BCUT2D eigenvalue weighted by Crippen LogP contribution is 2.10. The first-order valence-electron chi connectivity index (χ1n) is 8.40. The molecule has 0 saturated heterocycles. The van der Waals surface area contributed by atoms with Crippen molar-refractivity contribution in [3.05, 3.63) is 11.8 Å². The van der Waals surface area contributed by atoms with Gasteiger partial charge in [-0.1, -0.05) is 6.92 Å². The molecule has 0 rings (SSSR count). The average Bonchev–Trinajstić information content (AvgIpc) is 2.44. The molecule has 0 spiro atoms. The van der Waals surface area contributed by atoms with Gasteiger partial charge in [-0.25, -0.2) is 4.79 Å². The number of hydrogen-bond acceptors (Lipinski definition) is 9. The third-order valence-electron chi connectivity index (χ3n) is 3.34. The summed E-state index contributed by atoms with van der Waals surface area (Å²) in [7, 11) is -4.07. The molecule has 3 unspecified atom stereocenters. The minimum atomic E-state index is -4.07. The Morgan fingerprint density at radius 3 is 2.36 bits per heavy atom. The van der Waals surface area contributed by atoms with Crippen LogP contribution in [0.15, 0.2) is 11.8 Å². The van der Waals surface area contributed by atoms with Gasteiger partial charge in [0.1, 0.15) is 6.10 Å². The average molecular weight is 381 g/mol. The van der Waals surface area contributed by atoms with E-state index in [2.05, 4.69) is 10.6 Å². The van der Waals surface area contributed by atoms with E-state index in [-0.39, 0.29) is 19.0 Å². The zero-order valence-electron chi connectivity index (χ0n) is 15.1. The van der Waals surface area contributed by atoms with Crippen LogP contribution in [-0.2, 0) is 9.53 Å². The van der Waals surface area contributed by atoms with Gasteiger partial charge in [0.15, 0.2) is 0 Å². The molecule has 25 heavy (non-hydrogen) atoms. The van der Waals surface area contributed by atoms with Crippen molar-refractivity contribution in [2.75, 3.05) is 19.3 Å². The number of rotatable bonds is 13. The minimum absolute atomic E-state index is 0.251. The molecule has 10 heteroatoms. The van der Waals surface area contributed by atoms with E-state index in [0.29, 0.717) is 25.2 Å². The van der Waals surface area contributed by atoms with Gasteiger partial charge in [0.25, 0.3) is 0 Å². The standard InChI is InChI=1S/C15H32N2O7Si/c1-4-13(18)9-14(19)8-12(3)24-15(20)7-11(2)17-6-5-16-10-25(21,22)23/h7,12-14,16-19,21-23H,4-6,8-10H2,1-3H3/b11-7+. The second-order valence-corrected chi connectivity index (χ2v) is 8.04. The van der Waals surface area contributed by atoms with Crippen molar-refractivity contribution in [3.63, 3.8) is 0 Å². The molecule has 0 aliphatic rings. The maximum absolute atomic E-state index is 11.8. The fourth-order valence-corrected chi connectivity index (χ4v) is 2.58. The molecular weight excluding hydrogens is 348 g/mol. The highest BCUT2D eigenvalue weighted by molar-refractivity contribution is 6.56. The molecule has 0 aromatic rings. The molecule has 0 radical (unpaired) electrons. The summed E-state index contributed by atoms with van der Waals surface area (Å²) >= 11 is 0. The van der Waals surface area contributed by atoms with Crippen LogP contribution in [0.3, 0.4) is 0 Å². The predicted molar refractivity (Wildman–Crippen MR) is 94.1 cm³/mol. The Bertz CT molecular complexity index is 415. The molecule has 148 valence electrons. The number of allylic oxidation sites excluding steroid dienone is 1. The van der Waals surface area contributed by atoms with Gasteiger partial charge in [-0.3, -0.25) is 0 Å². The summed E-state index contributed by atoms with van der Waals surface area (Å²) in [5.74, 6) is -0.541. The first kappa shape index (κ1) is 24.0. The molecule has 0 amide bonds. The van der Waals surface area contributed by atoms with E-state index < -0.39 is 33.1 Å². The first-order chi connectivity index (χ1) is 11.5. The Hall–Kier alpha value is -1.01. The number of nitrogens with one attached hydrogen (secondary N) is 2. The van der Waals surface area contributed by atoms with E-state index in [4.69, 9.17) is 19.1 Å². The van der Waals surface area contributed by atoms with Crippen LogP contribution < -0.4 is 10.6 Å². The zero-order valence-corrected chi connectivity index (χ0v) is 16.1. The Labute approximate surface area is 149 Å². The van der Waals surface area contributed by atoms with Crippen LogP contribution in [0.1, 0.15) is 40.0 Å². The summed E-state index contributed by atoms with van der Waals surface area (Å²) < 4.78 is 5.17. The van der Waals surface area contributed by atoms with Crippen molar-refractivity contribution in [2.24, 2.45) is 0 Å². The van der Waals surface area contributed by atoms with E-state index in [9.17, 15) is 15.0 Å². The summed E-state index contributed by atoms with van der Waals surface area (Å²) in [5, 5.41) is 24.9. The summed E-state index contributed by atoms with van der Waals surface area (Å²) in [6.45, 7) is 5.98. The van der Waals surface area contributed by atoms with Gasteiger partial charge in [0, 0.05) is 31.3 Å². The van der Waals surface area contributed by atoms with Crippen LogP contribution in [0.2, 0.25) is 0 Å². The van der Waals surface area contributed by atoms with E-state index in [1.807, 2.05) is 6.92 Å². The van der Waals surface area contributed by atoms with Gasteiger partial charge in [-0.2, -0.15) is 0 Å². The van der Waals surface area contributed by atoms with Crippen molar-refractivity contribution >= 4 is 14.8 Å². The van der Waals surface area contributed by atoms with Crippen LogP contribution >= 0.6 is 0 Å². The Morgan fingerprint density at radius 1 is 1.16 bits per heavy atom. The molecule has 0 aliphatic heterocycles. The van der Waals surface area contributed by atoms with Crippen molar-refractivity contribution in [3.8, 4) is 0 Å². The Balaban J connectivity index is 4.02. The molecule has 0 saturated carbocycles. The number of aliphatic hydroxyl groups excluding tert-OH is 2. The lowest BCUT2D eigenvalue weighted by molar-refractivity contribution is -0.143. The quantitative estimate of drug-likeness (QED) is 0.0864. The Morgan fingerprint density at radius 2 is 1.80 bits per heavy atom. The number of carbonyl (C=O) groups is 1. The van der Waals surface area contributed by atoms with E-state index in [1.165, 1.54) is 6.08 Å². The second kappa shape index (κ2) is 12.4. The lowest BCUT2D eigenvalue weighted by Gasteiger charge is -2.18. The molecule has 0 aromatic carbocycles. The smallest absolute Gasteiger partial charge is 0.459 e.